The van der Waals surface area contributed by atoms with Gasteiger partial charge in [0.05, 0.1) is 5.70 Å². The molecule has 10 heavy (non-hydrogen) atoms. The lowest BCUT2D eigenvalue weighted by Gasteiger charge is -2.09. The van der Waals surface area contributed by atoms with E-state index in [1.54, 1.807) is 0 Å². The Hall–Kier alpha value is -1.06. The fourth-order valence-electron chi connectivity index (χ4n) is 0.784. The predicted octanol–water partition coefficient (Wildman–Crippen LogP) is 0.261. The van der Waals surface area contributed by atoms with E-state index in [0.717, 1.165) is 0 Å². The molecule has 1 aliphatic heterocycles. The lowest BCUT2D eigenvalue weighted by molar-refractivity contribution is 0.491. The van der Waals surface area contributed by atoms with Crippen LogP contribution in [0.4, 0.5) is 4.39 Å². The Balaban J connectivity index is 2.85. The minimum absolute atomic E-state index is 0.240. The van der Waals surface area contributed by atoms with Gasteiger partial charge in [-0.3, -0.25) is 0 Å². The minimum atomic E-state index is -0.520. The van der Waals surface area contributed by atoms with E-state index < -0.39 is 5.83 Å². The van der Waals surface area contributed by atoms with Crippen LogP contribution in [0.2, 0.25) is 0 Å². The van der Waals surface area contributed by atoms with Crippen LogP contribution >= 0.6 is 0 Å². The fraction of sp³-hybridized carbons (Fsp3) is 0.500. The zero-order chi connectivity index (χ0) is 7.56. The van der Waals surface area contributed by atoms with Crippen LogP contribution in [0.5, 0.6) is 0 Å². The molecule has 0 fully saturated rings. The molecule has 0 saturated carbocycles. The van der Waals surface area contributed by atoms with E-state index in [0.29, 0.717) is 18.8 Å². The highest BCUT2D eigenvalue weighted by Gasteiger charge is 2.18. The van der Waals surface area contributed by atoms with Crippen molar-refractivity contribution in [2.75, 3.05) is 6.67 Å². The van der Waals surface area contributed by atoms with E-state index >= 15 is 0 Å². The molecule has 0 aromatic carbocycles. The molecule has 3 nitrogen and oxygen atoms in total. The Kier molecular flexibility index (Phi) is 1.89. The highest BCUT2D eigenvalue weighted by molar-refractivity contribution is 5.90. The third-order valence-corrected chi connectivity index (χ3v) is 1.36. The van der Waals surface area contributed by atoms with Gasteiger partial charge in [0.2, 0.25) is 0 Å². The van der Waals surface area contributed by atoms with Crippen molar-refractivity contribution in [1.82, 2.24) is 5.32 Å². The Labute approximate surface area is 58.3 Å². The largest absolute Gasteiger partial charge is 0.577 e. The summed E-state index contributed by atoms with van der Waals surface area (Å²) in [6, 6.07) is 0. The highest BCUT2D eigenvalue weighted by atomic mass is 19.1. The molecule has 0 unspecified atom stereocenters. The van der Waals surface area contributed by atoms with Gasteiger partial charge in [-0.1, -0.05) is 6.92 Å². The standard InChI is InChI=1S/C6H9FN2O/c1-2-4-5(7)6(10)9-3-8-4/h8H,2-3H2,1H3,(H,9,10)/p+1. The summed E-state index contributed by atoms with van der Waals surface area (Å²) in [4.78, 5) is 3.55. The summed E-state index contributed by atoms with van der Waals surface area (Å²) in [5, 5.41) is 9.73. The van der Waals surface area contributed by atoms with Crippen LogP contribution in [0.1, 0.15) is 13.3 Å². The van der Waals surface area contributed by atoms with Gasteiger partial charge < -0.3 is 10.4 Å². The first-order chi connectivity index (χ1) is 4.75. The molecule has 0 atom stereocenters. The molecule has 1 aliphatic rings. The summed E-state index contributed by atoms with van der Waals surface area (Å²) in [6.07, 6.45) is 0.587. The minimum Gasteiger partial charge on any atom is -0.577 e. The van der Waals surface area contributed by atoms with Crippen LogP contribution in [0.3, 0.4) is 0 Å². The van der Waals surface area contributed by atoms with Gasteiger partial charge in [0, 0.05) is 0 Å². The van der Waals surface area contributed by atoms with Crippen molar-refractivity contribution < 1.29 is 9.50 Å². The molecule has 0 aromatic rings. The topological polar surface area (TPSA) is 47.3 Å². The van der Waals surface area contributed by atoms with Crippen molar-refractivity contribution in [3.05, 3.63) is 11.5 Å². The van der Waals surface area contributed by atoms with Crippen LogP contribution in [-0.4, -0.2) is 17.7 Å². The second kappa shape index (κ2) is 2.68. The van der Waals surface area contributed by atoms with Crippen LogP contribution in [0, 0.1) is 0 Å². The van der Waals surface area contributed by atoms with Gasteiger partial charge in [-0.05, 0) is 6.42 Å². The Morgan fingerprint density at radius 1 is 1.80 bits per heavy atom. The van der Waals surface area contributed by atoms with Crippen molar-refractivity contribution >= 4 is 5.90 Å². The summed E-state index contributed by atoms with van der Waals surface area (Å²) in [6.45, 7) is 2.16. The normalized spacial score (nSPS) is 18.4. The molecule has 0 amide bonds. The molecule has 1 heterocycles. The third kappa shape index (κ3) is 1.10. The number of hydrogen-bond acceptors (Lipinski definition) is 2. The fourth-order valence-corrected chi connectivity index (χ4v) is 0.784. The molecule has 0 aliphatic carbocycles. The van der Waals surface area contributed by atoms with Crippen molar-refractivity contribution in [2.24, 2.45) is 4.99 Å². The summed E-state index contributed by atoms with van der Waals surface area (Å²) in [7, 11) is 0. The average Bonchev–Trinajstić information content (AvgIpc) is 1.95. The molecule has 0 aromatic heterocycles. The molecule has 1 rings (SSSR count). The number of nitrogens with zero attached hydrogens (tertiary/aromatic N) is 1. The number of allylic oxidation sites excluding steroid dienone is 1. The van der Waals surface area contributed by atoms with Gasteiger partial charge in [-0.25, -0.2) is 0 Å². The first-order valence-electron chi connectivity index (χ1n) is 3.14. The summed E-state index contributed by atoms with van der Waals surface area (Å²) >= 11 is 0. The van der Waals surface area contributed by atoms with E-state index in [9.17, 15) is 4.39 Å². The molecule has 56 valence electrons. The van der Waals surface area contributed by atoms with Crippen molar-refractivity contribution in [2.45, 2.75) is 13.3 Å². The van der Waals surface area contributed by atoms with Crippen LogP contribution < -0.4 is 5.32 Å². The van der Waals surface area contributed by atoms with Crippen molar-refractivity contribution in [1.29, 1.82) is 0 Å². The monoisotopic (exact) mass is 145 g/mol. The SMILES string of the molecule is CCC1=C(F)C([OH2+])=NCN1. The molecular formula is C6H10FN2O+. The first kappa shape index (κ1) is 7.05. The smallest absolute Gasteiger partial charge is 0.392 e. The first-order valence-corrected chi connectivity index (χ1v) is 3.14. The van der Waals surface area contributed by atoms with E-state index in [2.05, 4.69) is 10.3 Å². The molecule has 0 bridgehead atoms. The maximum atomic E-state index is 12.7. The second-order valence-electron chi connectivity index (χ2n) is 1.99. The number of aliphatic imine (C=N–C) groups is 1. The molecular weight excluding hydrogens is 135 g/mol. The van der Waals surface area contributed by atoms with Gasteiger partial charge in [0.25, 0.3) is 5.83 Å². The molecule has 3 N–H and O–H groups in total. The third-order valence-electron chi connectivity index (χ3n) is 1.36. The van der Waals surface area contributed by atoms with E-state index in [4.69, 9.17) is 5.11 Å². The summed E-state index contributed by atoms with van der Waals surface area (Å²) in [5.74, 6) is -0.760. The summed E-state index contributed by atoms with van der Waals surface area (Å²) in [5.41, 5.74) is 0.486. The van der Waals surface area contributed by atoms with Crippen molar-refractivity contribution in [3.8, 4) is 0 Å². The highest BCUT2D eigenvalue weighted by Crippen LogP contribution is 2.11. The zero-order valence-electron chi connectivity index (χ0n) is 5.74. The van der Waals surface area contributed by atoms with E-state index in [-0.39, 0.29) is 5.90 Å². The summed E-state index contributed by atoms with van der Waals surface area (Å²) < 4.78 is 12.7. The van der Waals surface area contributed by atoms with E-state index in [1.807, 2.05) is 6.92 Å². The van der Waals surface area contributed by atoms with Gasteiger partial charge in [0.15, 0.2) is 0 Å². The van der Waals surface area contributed by atoms with Gasteiger partial charge in [-0.15, -0.1) is 0 Å². The predicted molar refractivity (Wildman–Crippen MR) is 37.5 cm³/mol. The van der Waals surface area contributed by atoms with Gasteiger partial charge in [0.1, 0.15) is 6.67 Å². The number of nitrogens with one attached hydrogen (secondary N) is 1. The number of hydrogen-bond donors (Lipinski definition) is 1. The molecule has 4 heteroatoms. The van der Waals surface area contributed by atoms with Crippen LogP contribution in [0.25, 0.3) is 0 Å². The molecule has 0 saturated heterocycles. The average molecular weight is 145 g/mol. The Morgan fingerprint density at radius 3 is 3.00 bits per heavy atom. The van der Waals surface area contributed by atoms with E-state index in [1.165, 1.54) is 0 Å². The maximum absolute atomic E-state index is 12.7. The quantitative estimate of drug-likeness (QED) is 0.528. The lowest BCUT2D eigenvalue weighted by Crippen LogP contribution is -2.22. The Bertz CT molecular complexity index is 198. The Morgan fingerprint density at radius 2 is 2.50 bits per heavy atom. The lowest BCUT2D eigenvalue weighted by atomic mass is 10.3. The van der Waals surface area contributed by atoms with Crippen LogP contribution in [-0.2, 0) is 0 Å². The van der Waals surface area contributed by atoms with Gasteiger partial charge in [-0.2, -0.15) is 9.38 Å². The zero-order valence-corrected chi connectivity index (χ0v) is 5.74. The number of rotatable bonds is 1. The molecule has 0 radical (unpaired) electrons. The molecule has 0 spiro atoms. The van der Waals surface area contributed by atoms with Gasteiger partial charge >= 0.3 is 5.90 Å². The number of halogens is 1. The second-order valence-corrected chi connectivity index (χ2v) is 1.99. The maximum Gasteiger partial charge on any atom is 0.392 e. The van der Waals surface area contributed by atoms with Crippen LogP contribution in [0.15, 0.2) is 16.5 Å². The van der Waals surface area contributed by atoms with Crippen molar-refractivity contribution in [3.63, 3.8) is 0 Å².